The Kier molecular flexibility index (Phi) is 3.75. The number of carbonyl (C=O) groups is 1. The normalized spacial score (nSPS) is 17.0. The van der Waals surface area contributed by atoms with Crippen molar-refractivity contribution in [3.8, 4) is 0 Å². The average molecular weight is 285 g/mol. The lowest BCUT2D eigenvalue weighted by atomic mass is 10.0. The van der Waals surface area contributed by atoms with Crippen molar-refractivity contribution in [3.63, 3.8) is 0 Å². The molecule has 5 heteroatoms. The lowest BCUT2D eigenvalue weighted by molar-refractivity contribution is 0.0697. The van der Waals surface area contributed by atoms with Crippen LogP contribution >= 0.6 is 0 Å². The van der Waals surface area contributed by atoms with Gasteiger partial charge in [0.2, 0.25) is 0 Å². The van der Waals surface area contributed by atoms with Crippen molar-refractivity contribution >= 4 is 22.7 Å². The van der Waals surface area contributed by atoms with Crippen LogP contribution in [0.3, 0.4) is 0 Å². The summed E-state index contributed by atoms with van der Waals surface area (Å²) in [5.74, 6) is -0.459. The molecule has 0 bridgehead atoms. The Hall–Kier alpha value is -2.14. The molecule has 1 aromatic carbocycles. The maximum absolute atomic E-state index is 11.5. The van der Waals surface area contributed by atoms with E-state index in [4.69, 9.17) is 0 Å². The van der Waals surface area contributed by atoms with E-state index in [2.05, 4.69) is 22.2 Å². The molecule has 1 saturated heterocycles. The summed E-state index contributed by atoms with van der Waals surface area (Å²) in [7, 11) is 2.10. The van der Waals surface area contributed by atoms with Gasteiger partial charge in [-0.05, 0) is 45.1 Å². The molecular weight excluding hydrogens is 266 g/mol. The van der Waals surface area contributed by atoms with Crippen molar-refractivity contribution < 1.29 is 9.90 Å². The van der Waals surface area contributed by atoms with Crippen LogP contribution in [0.1, 0.15) is 23.2 Å². The predicted molar refractivity (Wildman–Crippen MR) is 82.8 cm³/mol. The minimum atomic E-state index is -0.941. The number of nitrogens with zero attached hydrogens (tertiary/aromatic N) is 2. The minimum absolute atomic E-state index is 0.243. The molecule has 1 aromatic heterocycles. The highest BCUT2D eigenvalue weighted by atomic mass is 16.4. The molecule has 2 N–H and O–H groups in total. The summed E-state index contributed by atoms with van der Waals surface area (Å²) in [6.45, 7) is 2.04. The number of fused-ring (bicyclic) bond motifs is 1. The van der Waals surface area contributed by atoms with Crippen LogP contribution in [0.4, 0.5) is 5.82 Å². The van der Waals surface area contributed by atoms with E-state index in [0.29, 0.717) is 5.82 Å². The fourth-order valence-electron chi connectivity index (χ4n) is 2.74. The first-order valence-electron chi connectivity index (χ1n) is 7.21. The fraction of sp³-hybridized carbons (Fsp3) is 0.375. The third-order valence-electron chi connectivity index (χ3n) is 4.01. The van der Waals surface area contributed by atoms with Crippen LogP contribution in [0.2, 0.25) is 0 Å². The van der Waals surface area contributed by atoms with Gasteiger partial charge in [-0.3, -0.25) is 0 Å². The summed E-state index contributed by atoms with van der Waals surface area (Å²) >= 11 is 0. The number of aromatic carboxylic acids is 1. The largest absolute Gasteiger partial charge is 0.478 e. The van der Waals surface area contributed by atoms with Gasteiger partial charge >= 0.3 is 5.97 Å². The second-order valence-corrected chi connectivity index (χ2v) is 5.60. The first-order chi connectivity index (χ1) is 10.1. The van der Waals surface area contributed by atoms with Crippen LogP contribution in [0, 0.1) is 0 Å². The molecule has 3 rings (SSSR count). The Bertz CT molecular complexity index is 664. The minimum Gasteiger partial charge on any atom is -0.478 e. The zero-order valence-electron chi connectivity index (χ0n) is 12.0. The standard InChI is InChI=1S/C16H19N3O2/c1-19-8-6-12(7-9-19)17-15-13(16(20)21)10-11-4-2-3-5-14(11)18-15/h2-5,10,12H,6-9H2,1H3,(H,17,18)(H,20,21). The number of carboxylic acids is 1. The highest BCUT2D eigenvalue weighted by molar-refractivity contribution is 5.98. The maximum atomic E-state index is 11.5. The van der Waals surface area contributed by atoms with E-state index in [1.165, 1.54) is 0 Å². The number of benzene rings is 1. The van der Waals surface area contributed by atoms with Crippen LogP contribution in [-0.2, 0) is 0 Å². The summed E-state index contributed by atoms with van der Waals surface area (Å²) in [6.07, 6.45) is 2.01. The second kappa shape index (κ2) is 5.69. The van der Waals surface area contributed by atoms with E-state index >= 15 is 0 Å². The molecule has 0 atom stereocenters. The Labute approximate surface area is 123 Å². The van der Waals surface area contributed by atoms with Gasteiger partial charge in [-0.25, -0.2) is 9.78 Å². The van der Waals surface area contributed by atoms with Gasteiger partial charge in [0.05, 0.1) is 5.52 Å². The monoisotopic (exact) mass is 285 g/mol. The van der Waals surface area contributed by atoms with Gasteiger partial charge in [-0.1, -0.05) is 18.2 Å². The molecule has 2 aromatic rings. The van der Waals surface area contributed by atoms with Crippen LogP contribution in [-0.4, -0.2) is 47.1 Å². The second-order valence-electron chi connectivity index (χ2n) is 5.60. The van der Waals surface area contributed by atoms with E-state index in [0.717, 1.165) is 36.8 Å². The quantitative estimate of drug-likeness (QED) is 0.906. The molecule has 1 fully saturated rings. The molecule has 0 aliphatic carbocycles. The van der Waals surface area contributed by atoms with Gasteiger partial charge in [0.1, 0.15) is 11.4 Å². The van der Waals surface area contributed by atoms with Gasteiger partial charge in [0, 0.05) is 11.4 Å². The van der Waals surface area contributed by atoms with Crippen LogP contribution in [0.25, 0.3) is 10.9 Å². The Balaban J connectivity index is 1.92. The number of pyridine rings is 1. The van der Waals surface area contributed by atoms with E-state index in [1.807, 2.05) is 24.3 Å². The fourth-order valence-corrected chi connectivity index (χ4v) is 2.74. The SMILES string of the molecule is CN1CCC(Nc2nc3ccccc3cc2C(=O)O)CC1. The molecule has 0 radical (unpaired) electrons. The number of carboxylic acid groups (broad SMARTS) is 1. The first kappa shape index (κ1) is 13.8. The zero-order chi connectivity index (χ0) is 14.8. The summed E-state index contributed by atoms with van der Waals surface area (Å²) < 4.78 is 0. The molecule has 0 saturated carbocycles. The summed E-state index contributed by atoms with van der Waals surface area (Å²) in [5.41, 5.74) is 1.06. The molecular formula is C16H19N3O2. The maximum Gasteiger partial charge on any atom is 0.339 e. The Morgan fingerprint density at radius 3 is 2.76 bits per heavy atom. The number of likely N-dealkylation sites (tertiary alicyclic amines) is 1. The van der Waals surface area contributed by atoms with Gasteiger partial charge < -0.3 is 15.3 Å². The van der Waals surface area contributed by atoms with E-state index in [1.54, 1.807) is 6.07 Å². The smallest absolute Gasteiger partial charge is 0.339 e. The average Bonchev–Trinajstić information content (AvgIpc) is 2.48. The molecule has 110 valence electrons. The molecule has 0 unspecified atom stereocenters. The highest BCUT2D eigenvalue weighted by Gasteiger charge is 2.20. The third-order valence-corrected chi connectivity index (χ3v) is 4.01. The van der Waals surface area contributed by atoms with Crippen molar-refractivity contribution in [2.45, 2.75) is 18.9 Å². The van der Waals surface area contributed by atoms with Crippen LogP contribution in [0.15, 0.2) is 30.3 Å². The summed E-state index contributed by atoms with van der Waals surface area (Å²) in [6, 6.07) is 9.57. The van der Waals surface area contributed by atoms with Gasteiger partial charge in [-0.2, -0.15) is 0 Å². The number of para-hydroxylation sites is 1. The molecule has 2 heterocycles. The predicted octanol–water partition coefficient (Wildman–Crippen LogP) is 2.44. The summed E-state index contributed by atoms with van der Waals surface area (Å²) in [5, 5.41) is 13.6. The lowest BCUT2D eigenvalue weighted by Crippen LogP contribution is -2.37. The lowest BCUT2D eigenvalue weighted by Gasteiger charge is -2.30. The highest BCUT2D eigenvalue weighted by Crippen LogP contribution is 2.23. The molecule has 21 heavy (non-hydrogen) atoms. The summed E-state index contributed by atoms with van der Waals surface area (Å²) in [4.78, 5) is 18.3. The number of anilines is 1. The van der Waals surface area contributed by atoms with Gasteiger partial charge in [0.15, 0.2) is 0 Å². The van der Waals surface area contributed by atoms with Crippen molar-refractivity contribution in [2.75, 3.05) is 25.5 Å². The van der Waals surface area contributed by atoms with Gasteiger partial charge in [-0.15, -0.1) is 0 Å². The molecule has 0 amide bonds. The topological polar surface area (TPSA) is 65.5 Å². The van der Waals surface area contributed by atoms with Crippen LogP contribution in [0.5, 0.6) is 0 Å². The van der Waals surface area contributed by atoms with Crippen molar-refractivity contribution in [1.29, 1.82) is 0 Å². The molecule has 0 spiro atoms. The zero-order valence-corrected chi connectivity index (χ0v) is 12.0. The first-order valence-corrected chi connectivity index (χ1v) is 7.21. The Morgan fingerprint density at radius 1 is 1.33 bits per heavy atom. The number of hydrogen-bond acceptors (Lipinski definition) is 4. The van der Waals surface area contributed by atoms with Crippen molar-refractivity contribution in [1.82, 2.24) is 9.88 Å². The van der Waals surface area contributed by atoms with E-state index in [-0.39, 0.29) is 11.6 Å². The number of hydrogen-bond donors (Lipinski definition) is 2. The number of nitrogens with one attached hydrogen (secondary N) is 1. The Morgan fingerprint density at radius 2 is 2.05 bits per heavy atom. The number of aromatic nitrogens is 1. The van der Waals surface area contributed by atoms with E-state index < -0.39 is 5.97 Å². The van der Waals surface area contributed by atoms with Crippen molar-refractivity contribution in [2.24, 2.45) is 0 Å². The van der Waals surface area contributed by atoms with Gasteiger partial charge in [0.25, 0.3) is 0 Å². The number of rotatable bonds is 3. The molecule has 5 nitrogen and oxygen atoms in total. The molecule has 1 aliphatic heterocycles. The number of piperidine rings is 1. The molecule has 1 aliphatic rings. The van der Waals surface area contributed by atoms with Crippen molar-refractivity contribution in [3.05, 3.63) is 35.9 Å². The van der Waals surface area contributed by atoms with E-state index in [9.17, 15) is 9.90 Å². The third kappa shape index (κ3) is 2.97. The van der Waals surface area contributed by atoms with Crippen LogP contribution < -0.4 is 5.32 Å².